The van der Waals surface area contributed by atoms with Gasteiger partial charge in [-0.3, -0.25) is 4.79 Å². The first-order valence-electron chi connectivity index (χ1n) is 9.41. The molecule has 0 unspecified atom stereocenters. The van der Waals surface area contributed by atoms with E-state index in [9.17, 15) is 4.79 Å². The molecule has 0 atom stereocenters. The van der Waals surface area contributed by atoms with Crippen LogP contribution in [0.5, 0.6) is 0 Å². The molecule has 0 radical (unpaired) electrons. The van der Waals surface area contributed by atoms with Crippen molar-refractivity contribution in [3.8, 4) is 0 Å². The Bertz CT molecular complexity index is 713. The molecule has 0 saturated heterocycles. The predicted molar refractivity (Wildman–Crippen MR) is 100 cm³/mol. The normalized spacial score (nSPS) is 15.0. The third-order valence-electron chi connectivity index (χ3n) is 5.33. The van der Waals surface area contributed by atoms with Gasteiger partial charge in [-0.05, 0) is 44.7 Å². The molecule has 0 aliphatic heterocycles. The zero-order chi connectivity index (χ0) is 17.8. The highest BCUT2D eigenvalue weighted by molar-refractivity contribution is 5.79. The van der Waals surface area contributed by atoms with Crippen LogP contribution in [-0.4, -0.2) is 26.4 Å². The van der Waals surface area contributed by atoms with E-state index in [-0.39, 0.29) is 12.0 Å². The molecule has 0 bridgehead atoms. The smallest absolute Gasteiger partial charge is 0.226 e. The number of imidazole rings is 1. The van der Waals surface area contributed by atoms with E-state index in [1.54, 1.807) is 0 Å². The van der Waals surface area contributed by atoms with Gasteiger partial charge in [-0.2, -0.15) is 0 Å². The van der Waals surface area contributed by atoms with Crippen molar-refractivity contribution >= 4 is 5.91 Å². The summed E-state index contributed by atoms with van der Waals surface area (Å²) in [4.78, 5) is 19.5. The average Bonchev–Trinajstić information content (AvgIpc) is 3.26. The summed E-state index contributed by atoms with van der Waals surface area (Å²) in [7, 11) is 0. The molecule has 1 amide bonds. The highest BCUT2D eigenvalue weighted by Gasteiger charge is 2.29. The van der Waals surface area contributed by atoms with Crippen molar-refractivity contribution in [2.24, 2.45) is 5.92 Å². The van der Waals surface area contributed by atoms with E-state index in [4.69, 9.17) is 0 Å². The molecule has 1 aliphatic carbocycles. The van der Waals surface area contributed by atoms with Crippen molar-refractivity contribution in [3.63, 3.8) is 0 Å². The Balaban J connectivity index is 1.76. The molecule has 4 heteroatoms. The van der Waals surface area contributed by atoms with E-state index in [1.165, 1.54) is 24.0 Å². The van der Waals surface area contributed by atoms with Gasteiger partial charge >= 0.3 is 0 Å². The van der Waals surface area contributed by atoms with Crippen LogP contribution in [0.1, 0.15) is 56.5 Å². The molecule has 1 fully saturated rings. The molecule has 0 spiro atoms. The Kier molecular flexibility index (Phi) is 5.57. The van der Waals surface area contributed by atoms with Crippen molar-refractivity contribution in [2.75, 3.05) is 0 Å². The fourth-order valence-electron chi connectivity index (χ4n) is 3.68. The first-order valence-corrected chi connectivity index (χ1v) is 9.41. The lowest BCUT2D eigenvalue weighted by Crippen LogP contribution is -2.40. The summed E-state index contributed by atoms with van der Waals surface area (Å²) in [6, 6.07) is 8.62. The number of nitrogens with zero attached hydrogens (tertiary/aromatic N) is 3. The summed E-state index contributed by atoms with van der Waals surface area (Å²) in [6.45, 7) is 7.72. The molecule has 25 heavy (non-hydrogen) atoms. The fourth-order valence-corrected chi connectivity index (χ4v) is 3.68. The summed E-state index contributed by atoms with van der Waals surface area (Å²) in [5.74, 6) is 1.48. The standard InChI is InChI=1S/C21H29N3O/c1-16(2)24(21(25)18-9-6-7-10-18)15-20-22-12-13-23(20)14-19-11-5-4-8-17(19)3/h4-5,8,11-13,16,18H,6-7,9-10,14-15H2,1-3H3. The van der Waals surface area contributed by atoms with Crippen LogP contribution < -0.4 is 0 Å². The maximum Gasteiger partial charge on any atom is 0.226 e. The molecule has 1 heterocycles. The number of aromatic nitrogens is 2. The fraction of sp³-hybridized carbons (Fsp3) is 0.524. The summed E-state index contributed by atoms with van der Waals surface area (Å²) in [5, 5.41) is 0. The van der Waals surface area contributed by atoms with Crippen LogP contribution in [0.25, 0.3) is 0 Å². The molecule has 4 nitrogen and oxygen atoms in total. The molecule has 0 N–H and O–H groups in total. The Hall–Kier alpha value is -2.10. The molecule has 134 valence electrons. The maximum absolute atomic E-state index is 12.9. The molecule has 1 aromatic carbocycles. The van der Waals surface area contributed by atoms with Gasteiger partial charge in [0.05, 0.1) is 6.54 Å². The van der Waals surface area contributed by atoms with Crippen LogP contribution in [0, 0.1) is 12.8 Å². The van der Waals surface area contributed by atoms with Gasteiger partial charge in [-0.25, -0.2) is 4.98 Å². The predicted octanol–water partition coefficient (Wildman–Crippen LogP) is 4.17. The SMILES string of the molecule is Cc1ccccc1Cn1ccnc1CN(C(=O)C1CCCC1)C(C)C. The summed E-state index contributed by atoms with van der Waals surface area (Å²) in [5.41, 5.74) is 2.57. The lowest BCUT2D eigenvalue weighted by molar-refractivity contribution is -0.137. The van der Waals surface area contributed by atoms with Crippen molar-refractivity contribution in [1.82, 2.24) is 14.5 Å². The van der Waals surface area contributed by atoms with Crippen molar-refractivity contribution in [2.45, 2.75) is 65.6 Å². The molecule has 1 saturated carbocycles. The van der Waals surface area contributed by atoms with E-state index >= 15 is 0 Å². The van der Waals surface area contributed by atoms with Gasteiger partial charge in [0.25, 0.3) is 0 Å². The number of hydrogen-bond donors (Lipinski definition) is 0. The average molecular weight is 339 g/mol. The van der Waals surface area contributed by atoms with Gasteiger partial charge in [0, 0.05) is 30.9 Å². The number of hydrogen-bond acceptors (Lipinski definition) is 2. The summed E-state index contributed by atoms with van der Waals surface area (Å²) < 4.78 is 2.17. The van der Waals surface area contributed by atoms with E-state index in [1.807, 2.05) is 17.3 Å². The van der Waals surface area contributed by atoms with Crippen LogP contribution in [0.4, 0.5) is 0 Å². The minimum atomic E-state index is 0.191. The van der Waals surface area contributed by atoms with E-state index < -0.39 is 0 Å². The number of amides is 1. The molecule has 1 aliphatic rings. The highest BCUT2D eigenvalue weighted by Crippen LogP contribution is 2.28. The number of rotatable bonds is 6. The Morgan fingerprint density at radius 3 is 2.68 bits per heavy atom. The minimum absolute atomic E-state index is 0.191. The zero-order valence-electron chi connectivity index (χ0n) is 15.6. The number of carbonyl (C=O) groups is 1. The molecular formula is C21H29N3O. The van der Waals surface area contributed by atoms with Gasteiger partial charge in [-0.1, -0.05) is 37.1 Å². The lowest BCUT2D eigenvalue weighted by atomic mass is 10.1. The van der Waals surface area contributed by atoms with Gasteiger partial charge in [0.15, 0.2) is 0 Å². The van der Waals surface area contributed by atoms with Gasteiger partial charge in [0.2, 0.25) is 5.91 Å². The zero-order valence-corrected chi connectivity index (χ0v) is 15.6. The number of benzene rings is 1. The second-order valence-corrected chi connectivity index (χ2v) is 7.44. The Morgan fingerprint density at radius 1 is 1.28 bits per heavy atom. The van der Waals surface area contributed by atoms with Crippen LogP contribution in [0.15, 0.2) is 36.7 Å². The largest absolute Gasteiger partial charge is 0.333 e. The summed E-state index contributed by atoms with van der Waals surface area (Å²) in [6.07, 6.45) is 8.31. The first kappa shape index (κ1) is 17.7. The van der Waals surface area contributed by atoms with Crippen LogP contribution in [0.3, 0.4) is 0 Å². The van der Waals surface area contributed by atoms with Crippen LogP contribution in [-0.2, 0) is 17.9 Å². The second-order valence-electron chi connectivity index (χ2n) is 7.44. The number of carbonyl (C=O) groups excluding carboxylic acids is 1. The molecular weight excluding hydrogens is 310 g/mol. The van der Waals surface area contributed by atoms with Crippen molar-refractivity contribution < 1.29 is 4.79 Å². The molecule has 2 aromatic rings. The highest BCUT2D eigenvalue weighted by atomic mass is 16.2. The van der Waals surface area contributed by atoms with Crippen LogP contribution in [0.2, 0.25) is 0 Å². The Morgan fingerprint density at radius 2 is 2.00 bits per heavy atom. The van der Waals surface area contributed by atoms with E-state index in [0.717, 1.165) is 25.2 Å². The van der Waals surface area contributed by atoms with E-state index in [2.05, 4.69) is 54.6 Å². The monoisotopic (exact) mass is 339 g/mol. The second kappa shape index (κ2) is 7.85. The number of aryl methyl sites for hydroxylation is 1. The van der Waals surface area contributed by atoms with Crippen molar-refractivity contribution in [3.05, 3.63) is 53.6 Å². The van der Waals surface area contributed by atoms with Gasteiger partial charge in [-0.15, -0.1) is 0 Å². The summed E-state index contributed by atoms with van der Waals surface area (Å²) >= 11 is 0. The van der Waals surface area contributed by atoms with Crippen LogP contribution >= 0.6 is 0 Å². The van der Waals surface area contributed by atoms with Crippen molar-refractivity contribution in [1.29, 1.82) is 0 Å². The third-order valence-corrected chi connectivity index (χ3v) is 5.33. The minimum Gasteiger partial charge on any atom is -0.333 e. The van der Waals surface area contributed by atoms with Gasteiger partial charge in [0.1, 0.15) is 5.82 Å². The quantitative estimate of drug-likeness (QED) is 0.792. The lowest BCUT2D eigenvalue weighted by Gasteiger charge is -2.29. The topological polar surface area (TPSA) is 38.1 Å². The third kappa shape index (κ3) is 4.12. The first-order chi connectivity index (χ1) is 12.1. The maximum atomic E-state index is 12.9. The van der Waals surface area contributed by atoms with E-state index in [0.29, 0.717) is 12.5 Å². The van der Waals surface area contributed by atoms with Gasteiger partial charge < -0.3 is 9.47 Å². The molecule has 3 rings (SSSR count). The molecule has 1 aromatic heterocycles. The Labute approximate surface area is 150 Å².